The number of ether oxygens (including phenoxy) is 1. The van der Waals surface area contributed by atoms with E-state index in [0.717, 1.165) is 36.0 Å². The van der Waals surface area contributed by atoms with Gasteiger partial charge < -0.3 is 25.4 Å². The van der Waals surface area contributed by atoms with Crippen LogP contribution in [-0.2, 0) is 14.3 Å². The molecule has 4 unspecified atom stereocenters. The van der Waals surface area contributed by atoms with Gasteiger partial charge in [-0.1, -0.05) is 45.4 Å². The van der Waals surface area contributed by atoms with Crippen LogP contribution in [0.25, 0.3) is 0 Å². The van der Waals surface area contributed by atoms with Gasteiger partial charge in [-0.15, -0.1) is 0 Å². The molecule has 216 valence electrons. The van der Waals surface area contributed by atoms with Gasteiger partial charge in [-0.25, -0.2) is 4.79 Å². The van der Waals surface area contributed by atoms with Crippen LogP contribution in [0.5, 0.6) is 0 Å². The van der Waals surface area contributed by atoms with Crippen LogP contribution in [0.15, 0.2) is 18.2 Å². The number of rotatable bonds is 13. The van der Waals surface area contributed by atoms with E-state index in [1.54, 1.807) is 25.7 Å². The highest BCUT2D eigenvalue weighted by atomic mass is 16.6. The third-order valence-corrected chi connectivity index (χ3v) is 6.52. The summed E-state index contributed by atoms with van der Waals surface area (Å²) in [5, 5.41) is 15.8. The van der Waals surface area contributed by atoms with Crippen molar-refractivity contribution in [3.05, 3.63) is 34.9 Å². The molecule has 0 heterocycles. The van der Waals surface area contributed by atoms with Crippen LogP contribution in [-0.4, -0.2) is 58.2 Å². The maximum Gasteiger partial charge on any atom is 0.408 e. The summed E-state index contributed by atoms with van der Waals surface area (Å²) in [6, 6.07) is 3.19. The zero-order chi connectivity index (χ0) is 29.2. The molecule has 0 aliphatic heterocycles. The second-order valence-electron chi connectivity index (χ2n) is 11.9. The maximum atomic E-state index is 14.1. The van der Waals surface area contributed by atoms with Crippen molar-refractivity contribution >= 4 is 17.9 Å². The summed E-state index contributed by atoms with van der Waals surface area (Å²) in [4.78, 5) is 42.2. The number of nitrogens with one attached hydrogen (secondary N) is 2. The molecule has 8 nitrogen and oxygen atoms in total. The summed E-state index contributed by atoms with van der Waals surface area (Å²) < 4.78 is 5.34. The number of benzene rings is 1. The molecule has 1 rings (SSSR count). The Balaban J connectivity index is 3.64. The first-order chi connectivity index (χ1) is 17.6. The Kier molecular flexibility index (Phi) is 13.3. The average molecular weight is 534 g/mol. The van der Waals surface area contributed by atoms with Gasteiger partial charge in [0.05, 0.1) is 6.61 Å². The van der Waals surface area contributed by atoms with Crippen molar-refractivity contribution in [1.29, 1.82) is 0 Å². The Morgan fingerprint density at radius 1 is 0.974 bits per heavy atom. The topological polar surface area (TPSA) is 108 Å². The number of amides is 3. The first-order valence-corrected chi connectivity index (χ1v) is 13.9. The SMILES string of the molecule is CCCC(C)NC(=O)C(c1c(C)cccc1C)N(C(=O)C(CO)NC(=O)OC(C)(C)C)C(C)CCC(C)C. The fourth-order valence-corrected chi connectivity index (χ4v) is 4.61. The Bertz CT molecular complexity index is 905. The van der Waals surface area contributed by atoms with Crippen molar-refractivity contribution < 1.29 is 24.2 Å². The number of alkyl carbamates (subject to hydrolysis) is 1. The molecular formula is C30H51N3O5. The lowest BCUT2D eigenvalue weighted by Crippen LogP contribution is -2.57. The third-order valence-electron chi connectivity index (χ3n) is 6.52. The van der Waals surface area contributed by atoms with Crippen molar-refractivity contribution in [2.45, 2.75) is 125 Å². The van der Waals surface area contributed by atoms with Crippen molar-refractivity contribution in [3.8, 4) is 0 Å². The van der Waals surface area contributed by atoms with Crippen LogP contribution in [0, 0.1) is 19.8 Å². The first kappa shape index (κ1) is 33.4. The molecule has 38 heavy (non-hydrogen) atoms. The van der Waals surface area contributed by atoms with Gasteiger partial charge in [0.2, 0.25) is 11.8 Å². The molecule has 0 aliphatic carbocycles. The van der Waals surface area contributed by atoms with Gasteiger partial charge in [0.25, 0.3) is 0 Å². The van der Waals surface area contributed by atoms with E-state index < -0.39 is 36.3 Å². The number of carbonyl (C=O) groups excluding carboxylic acids is 3. The van der Waals surface area contributed by atoms with E-state index in [-0.39, 0.29) is 18.0 Å². The fourth-order valence-electron chi connectivity index (χ4n) is 4.61. The molecule has 4 atom stereocenters. The molecule has 0 saturated carbocycles. The van der Waals surface area contributed by atoms with Gasteiger partial charge in [0.1, 0.15) is 17.7 Å². The van der Waals surface area contributed by atoms with Crippen LogP contribution >= 0.6 is 0 Å². The van der Waals surface area contributed by atoms with E-state index >= 15 is 0 Å². The smallest absolute Gasteiger partial charge is 0.408 e. The minimum absolute atomic E-state index is 0.0734. The normalized spacial score (nSPS) is 14.8. The quantitative estimate of drug-likeness (QED) is 0.323. The molecule has 0 spiro atoms. The monoisotopic (exact) mass is 533 g/mol. The molecule has 0 radical (unpaired) electrons. The Morgan fingerprint density at radius 3 is 2.03 bits per heavy atom. The Labute approximate surface area is 229 Å². The summed E-state index contributed by atoms with van der Waals surface area (Å²) in [7, 11) is 0. The number of carbonyl (C=O) groups is 3. The van der Waals surface area contributed by atoms with Gasteiger partial charge >= 0.3 is 6.09 Å². The summed E-state index contributed by atoms with van der Waals surface area (Å²) in [6.45, 7) is 18.6. The molecule has 0 aliphatic rings. The lowest BCUT2D eigenvalue weighted by Gasteiger charge is -2.40. The molecule has 3 N–H and O–H groups in total. The number of nitrogens with zero attached hydrogens (tertiary/aromatic N) is 1. The summed E-state index contributed by atoms with van der Waals surface area (Å²) in [5.74, 6) is -0.400. The van der Waals surface area contributed by atoms with Gasteiger partial charge in [0, 0.05) is 12.1 Å². The molecular weight excluding hydrogens is 482 g/mol. The van der Waals surface area contributed by atoms with E-state index in [4.69, 9.17) is 4.74 Å². The van der Waals surface area contributed by atoms with Gasteiger partial charge in [-0.05, 0) is 90.3 Å². The number of aliphatic hydroxyl groups excluding tert-OH is 1. The predicted octanol–water partition coefficient (Wildman–Crippen LogP) is 5.19. The van der Waals surface area contributed by atoms with Crippen LogP contribution in [0.4, 0.5) is 4.79 Å². The molecule has 1 aromatic rings. The van der Waals surface area contributed by atoms with E-state index in [0.29, 0.717) is 12.3 Å². The molecule has 0 fully saturated rings. The first-order valence-electron chi connectivity index (χ1n) is 13.9. The average Bonchev–Trinajstić information content (AvgIpc) is 2.78. The molecule has 3 amide bonds. The zero-order valence-corrected chi connectivity index (χ0v) is 25.2. The van der Waals surface area contributed by atoms with Gasteiger partial charge in [-0.3, -0.25) is 9.59 Å². The van der Waals surface area contributed by atoms with Crippen LogP contribution in [0.2, 0.25) is 0 Å². The van der Waals surface area contributed by atoms with E-state index in [1.807, 2.05) is 45.9 Å². The van der Waals surface area contributed by atoms with Gasteiger partial charge in [-0.2, -0.15) is 0 Å². The highest BCUT2D eigenvalue weighted by Gasteiger charge is 2.40. The van der Waals surface area contributed by atoms with E-state index in [1.165, 1.54) is 0 Å². The highest BCUT2D eigenvalue weighted by molar-refractivity contribution is 5.93. The van der Waals surface area contributed by atoms with Crippen molar-refractivity contribution in [2.75, 3.05) is 6.61 Å². The van der Waals surface area contributed by atoms with Crippen molar-refractivity contribution in [1.82, 2.24) is 15.5 Å². The fraction of sp³-hybridized carbons (Fsp3) is 0.700. The number of aliphatic hydroxyl groups is 1. The van der Waals surface area contributed by atoms with Crippen LogP contribution < -0.4 is 10.6 Å². The van der Waals surface area contributed by atoms with Gasteiger partial charge in [0.15, 0.2) is 0 Å². The predicted molar refractivity (Wildman–Crippen MR) is 152 cm³/mol. The van der Waals surface area contributed by atoms with Crippen molar-refractivity contribution in [3.63, 3.8) is 0 Å². The Morgan fingerprint density at radius 2 is 1.55 bits per heavy atom. The second-order valence-corrected chi connectivity index (χ2v) is 11.9. The van der Waals surface area contributed by atoms with E-state index in [9.17, 15) is 19.5 Å². The molecule has 8 heteroatoms. The minimum atomic E-state index is -1.26. The Hall–Kier alpha value is -2.61. The number of hydrogen-bond donors (Lipinski definition) is 3. The molecule has 0 saturated heterocycles. The van der Waals surface area contributed by atoms with E-state index in [2.05, 4.69) is 31.4 Å². The lowest BCUT2D eigenvalue weighted by atomic mass is 9.91. The summed E-state index contributed by atoms with van der Waals surface area (Å²) >= 11 is 0. The zero-order valence-electron chi connectivity index (χ0n) is 25.2. The molecule has 0 bridgehead atoms. The summed E-state index contributed by atoms with van der Waals surface area (Å²) in [5.41, 5.74) is 1.77. The van der Waals surface area contributed by atoms with Crippen molar-refractivity contribution in [2.24, 2.45) is 5.92 Å². The standard InChI is InChI=1S/C30H51N3O5/c1-11-13-22(6)31-27(35)26(25-20(4)14-12-15-21(25)5)33(23(7)17-16-19(2)3)28(36)24(18-34)32-29(37)38-30(8,9)10/h12,14-15,19,22-24,26,34H,11,13,16-18H2,1-10H3,(H,31,35)(H,32,37). The maximum absolute atomic E-state index is 14.1. The highest BCUT2D eigenvalue weighted by Crippen LogP contribution is 2.32. The molecule has 1 aromatic carbocycles. The number of aryl methyl sites for hydroxylation is 2. The lowest BCUT2D eigenvalue weighted by molar-refractivity contribution is -0.146. The number of hydrogen-bond acceptors (Lipinski definition) is 5. The van der Waals surface area contributed by atoms with Crippen LogP contribution in [0.1, 0.15) is 104 Å². The third kappa shape index (κ3) is 10.3. The largest absolute Gasteiger partial charge is 0.444 e. The second kappa shape index (κ2) is 15.1. The molecule has 0 aromatic heterocycles. The minimum Gasteiger partial charge on any atom is -0.444 e. The summed E-state index contributed by atoms with van der Waals surface area (Å²) in [6.07, 6.45) is 2.43. The van der Waals surface area contributed by atoms with Crippen LogP contribution in [0.3, 0.4) is 0 Å².